The zero-order valence-corrected chi connectivity index (χ0v) is 9.37. The third kappa shape index (κ3) is 4.31. The van der Waals surface area contributed by atoms with Crippen LogP contribution in [0.3, 0.4) is 0 Å². The third-order valence-electron chi connectivity index (χ3n) is 1.81. The monoisotopic (exact) mass is 241 g/mol. The van der Waals surface area contributed by atoms with Crippen LogP contribution < -0.4 is 5.48 Å². The number of alkyl halides is 1. The summed E-state index contributed by atoms with van der Waals surface area (Å²) in [7, 11) is 0. The summed E-state index contributed by atoms with van der Waals surface area (Å²) in [5, 5.41) is 0. The highest BCUT2D eigenvalue weighted by Gasteiger charge is 2.07. The minimum atomic E-state index is -0.495. The van der Waals surface area contributed by atoms with E-state index in [-0.39, 0.29) is 6.42 Å². The van der Waals surface area contributed by atoms with E-state index in [1.54, 1.807) is 30.3 Å². The minimum absolute atomic E-state index is 0.193. The Morgan fingerprint density at radius 1 is 1.25 bits per heavy atom. The Labute approximate surface area is 98.5 Å². The Morgan fingerprint density at radius 2 is 1.94 bits per heavy atom. The maximum Gasteiger partial charge on any atom is 0.332 e. The van der Waals surface area contributed by atoms with Gasteiger partial charge < -0.3 is 4.84 Å². The molecule has 0 aromatic heterocycles. The Morgan fingerprint density at radius 3 is 2.56 bits per heavy atom. The number of nitrogens with one attached hydrogen (secondary N) is 1. The number of carbonyl (C=O) groups excluding carboxylic acids is 2. The minimum Gasteiger partial charge on any atom is -0.341 e. The summed E-state index contributed by atoms with van der Waals surface area (Å²) in [5.74, 6) is -0.549. The second-order valence-electron chi connectivity index (χ2n) is 3.06. The Hall–Kier alpha value is -1.55. The van der Waals surface area contributed by atoms with Gasteiger partial charge in [-0.25, -0.2) is 4.79 Å². The predicted molar refractivity (Wildman–Crippen MR) is 60.0 cm³/mol. The number of hydrogen-bond donors (Lipinski definition) is 1. The van der Waals surface area contributed by atoms with E-state index in [0.29, 0.717) is 17.9 Å². The highest BCUT2D eigenvalue weighted by Crippen LogP contribution is 1.98. The Balaban J connectivity index is 2.33. The van der Waals surface area contributed by atoms with Gasteiger partial charge in [0.05, 0.1) is 0 Å². The van der Waals surface area contributed by atoms with Crippen LogP contribution in [-0.2, 0) is 9.63 Å². The van der Waals surface area contributed by atoms with Gasteiger partial charge in [0.1, 0.15) is 0 Å². The summed E-state index contributed by atoms with van der Waals surface area (Å²) in [4.78, 5) is 27.0. The summed E-state index contributed by atoms with van der Waals surface area (Å²) in [6.07, 6.45) is 0.722. The van der Waals surface area contributed by atoms with Gasteiger partial charge >= 0.3 is 5.97 Å². The van der Waals surface area contributed by atoms with Crippen molar-refractivity contribution in [1.82, 2.24) is 5.48 Å². The fourth-order valence-electron chi connectivity index (χ4n) is 1.01. The van der Waals surface area contributed by atoms with Gasteiger partial charge in [-0.3, -0.25) is 4.79 Å². The lowest BCUT2D eigenvalue weighted by Crippen LogP contribution is -2.26. The van der Waals surface area contributed by atoms with Crippen molar-refractivity contribution >= 4 is 23.5 Å². The fourth-order valence-corrected chi connectivity index (χ4v) is 1.15. The van der Waals surface area contributed by atoms with E-state index in [2.05, 4.69) is 10.3 Å². The molecule has 1 aromatic rings. The average molecular weight is 242 g/mol. The molecule has 1 rings (SSSR count). The normalized spacial score (nSPS) is 9.56. The van der Waals surface area contributed by atoms with Gasteiger partial charge in [0.15, 0.2) is 0 Å². The molecule has 0 spiro atoms. The van der Waals surface area contributed by atoms with Gasteiger partial charge in [-0.1, -0.05) is 18.2 Å². The first-order valence-electron chi connectivity index (χ1n) is 4.85. The number of carbonyl (C=O) groups is 2. The molecule has 16 heavy (non-hydrogen) atoms. The molecule has 0 radical (unpaired) electrons. The molecule has 0 saturated heterocycles. The maximum atomic E-state index is 11.4. The van der Waals surface area contributed by atoms with Crippen LogP contribution >= 0.6 is 11.6 Å². The quantitative estimate of drug-likeness (QED) is 0.647. The highest BCUT2D eigenvalue weighted by atomic mass is 35.5. The number of hydroxylamine groups is 1. The molecular weight excluding hydrogens is 230 g/mol. The van der Waals surface area contributed by atoms with E-state index in [1.165, 1.54) is 0 Å². The summed E-state index contributed by atoms with van der Waals surface area (Å²) in [6.45, 7) is 0. The van der Waals surface area contributed by atoms with Crippen molar-refractivity contribution in [3.05, 3.63) is 35.9 Å². The molecule has 4 nitrogen and oxygen atoms in total. The molecule has 1 N–H and O–H groups in total. The van der Waals surface area contributed by atoms with Gasteiger partial charge in [0.2, 0.25) is 0 Å². The predicted octanol–water partition coefficient (Wildman–Crippen LogP) is 1.89. The molecule has 0 fully saturated rings. The van der Waals surface area contributed by atoms with Crippen LogP contribution in [0.4, 0.5) is 0 Å². The summed E-state index contributed by atoms with van der Waals surface area (Å²) in [5.41, 5.74) is 2.51. The molecule has 0 aliphatic heterocycles. The topological polar surface area (TPSA) is 55.4 Å². The van der Waals surface area contributed by atoms with Crippen molar-refractivity contribution in [1.29, 1.82) is 0 Å². The zero-order valence-electron chi connectivity index (χ0n) is 8.61. The average Bonchev–Trinajstić information content (AvgIpc) is 2.34. The molecule has 0 heterocycles. The van der Waals surface area contributed by atoms with E-state index < -0.39 is 11.9 Å². The van der Waals surface area contributed by atoms with E-state index >= 15 is 0 Å². The largest absolute Gasteiger partial charge is 0.341 e. The van der Waals surface area contributed by atoms with E-state index in [0.717, 1.165) is 0 Å². The molecule has 5 heteroatoms. The van der Waals surface area contributed by atoms with Crippen LogP contribution in [0.5, 0.6) is 0 Å². The van der Waals surface area contributed by atoms with E-state index in [1.807, 2.05) is 0 Å². The third-order valence-corrected chi connectivity index (χ3v) is 2.08. The summed E-state index contributed by atoms with van der Waals surface area (Å²) >= 11 is 5.41. The van der Waals surface area contributed by atoms with Crippen LogP contribution in [-0.4, -0.2) is 17.8 Å². The van der Waals surface area contributed by atoms with Gasteiger partial charge in [-0.2, -0.15) is 5.48 Å². The lowest BCUT2D eigenvalue weighted by atomic mass is 10.2. The van der Waals surface area contributed by atoms with E-state index in [9.17, 15) is 9.59 Å². The molecular formula is C11H12ClNO3. The first-order chi connectivity index (χ1) is 7.74. The molecule has 0 aliphatic carbocycles. The van der Waals surface area contributed by atoms with Crippen LogP contribution in [0.1, 0.15) is 23.2 Å². The van der Waals surface area contributed by atoms with Crippen LogP contribution in [0.25, 0.3) is 0 Å². The van der Waals surface area contributed by atoms with Crippen molar-refractivity contribution in [2.75, 3.05) is 5.88 Å². The van der Waals surface area contributed by atoms with Crippen LogP contribution in [0, 0.1) is 0 Å². The summed E-state index contributed by atoms with van der Waals surface area (Å²) < 4.78 is 0. The molecule has 86 valence electrons. The van der Waals surface area contributed by atoms with Gasteiger partial charge in [-0.15, -0.1) is 11.6 Å². The molecule has 0 bridgehead atoms. The second-order valence-corrected chi connectivity index (χ2v) is 3.44. The number of rotatable bonds is 4. The van der Waals surface area contributed by atoms with Crippen molar-refractivity contribution in [2.45, 2.75) is 12.8 Å². The Kier molecular flexibility index (Phi) is 5.36. The molecule has 0 unspecified atom stereocenters. The van der Waals surface area contributed by atoms with E-state index in [4.69, 9.17) is 11.6 Å². The van der Waals surface area contributed by atoms with Crippen molar-refractivity contribution < 1.29 is 14.4 Å². The standard InChI is InChI=1S/C11H12ClNO3/c12-8-4-7-10(14)16-13-11(15)9-5-2-1-3-6-9/h1-3,5-6H,4,7-8H2,(H,13,15). The molecule has 1 aromatic carbocycles. The number of halogens is 1. The SMILES string of the molecule is O=C(CCCCl)ONC(=O)c1ccccc1. The summed E-state index contributed by atoms with van der Waals surface area (Å²) in [6, 6.07) is 8.50. The molecule has 0 atom stereocenters. The fraction of sp³-hybridized carbons (Fsp3) is 0.273. The number of hydrogen-bond acceptors (Lipinski definition) is 3. The lowest BCUT2D eigenvalue weighted by molar-refractivity contribution is -0.149. The zero-order chi connectivity index (χ0) is 11.8. The number of benzene rings is 1. The first kappa shape index (κ1) is 12.5. The van der Waals surface area contributed by atoms with Crippen molar-refractivity contribution in [3.63, 3.8) is 0 Å². The highest BCUT2D eigenvalue weighted by molar-refractivity contribution is 6.17. The lowest BCUT2D eigenvalue weighted by Gasteiger charge is -2.04. The molecule has 0 saturated carbocycles. The van der Waals surface area contributed by atoms with Crippen LogP contribution in [0.15, 0.2) is 30.3 Å². The molecule has 0 aliphatic rings. The maximum absolute atomic E-state index is 11.4. The van der Waals surface area contributed by atoms with Crippen molar-refractivity contribution in [2.24, 2.45) is 0 Å². The van der Waals surface area contributed by atoms with Gasteiger partial charge in [0, 0.05) is 17.9 Å². The first-order valence-corrected chi connectivity index (χ1v) is 5.38. The van der Waals surface area contributed by atoms with Gasteiger partial charge in [-0.05, 0) is 18.6 Å². The van der Waals surface area contributed by atoms with Crippen molar-refractivity contribution in [3.8, 4) is 0 Å². The van der Waals surface area contributed by atoms with Gasteiger partial charge in [0.25, 0.3) is 5.91 Å². The smallest absolute Gasteiger partial charge is 0.332 e. The number of amides is 1. The second kappa shape index (κ2) is 6.85. The Bertz CT molecular complexity index is 354. The molecule has 1 amide bonds. The van der Waals surface area contributed by atoms with Crippen LogP contribution in [0.2, 0.25) is 0 Å².